The number of amides is 2. The lowest BCUT2D eigenvalue weighted by molar-refractivity contribution is -0.142. The quantitative estimate of drug-likeness (QED) is 0.783. The van der Waals surface area contributed by atoms with Crippen molar-refractivity contribution in [2.75, 3.05) is 30.4 Å². The van der Waals surface area contributed by atoms with Crippen molar-refractivity contribution in [1.82, 2.24) is 4.90 Å². The van der Waals surface area contributed by atoms with E-state index in [9.17, 15) is 9.59 Å². The van der Waals surface area contributed by atoms with Gasteiger partial charge in [-0.15, -0.1) is 0 Å². The summed E-state index contributed by atoms with van der Waals surface area (Å²) < 4.78 is 0. The van der Waals surface area contributed by atoms with Gasteiger partial charge in [-0.1, -0.05) is 29.8 Å². The highest BCUT2D eigenvalue weighted by molar-refractivity contribution is 6.30. The molecule has 0 bridgehead atoms. The van der Waals surface area contributed by atoms with Crippen LogP contribution in [-0.2, 0) is 11.3 Å². The fourth-order valence-electron chi connectivity index (χ4n) is 3.37. The summed E-state index contributed by atoms with van der Waals surface area (Å²) in [6.45, 7) is 1.92. The average Bonchev–Trinajstić information content (AvgIpc) is 2.68. The van der Waals surface area contributed by atoms with Crippen LogP contribution < -0.4 is 10.2 Å². The Kier molecular flexibility index (Phi) is 6.41. The number of hydrogen-bond donors (Lipinski definition) is 2. The van der Waals surface area contributed by atoms with Crippen molar-refractivity contribution in [3.63, 3.8) is 0 Å². The molecule has 2 N–H and O–H groups in total. The fourth-order valence-corrected chi connectivity index (χ4v) is 3.56. The molecule has 28 heavy (non-hydrogen) atoms. The van der Waals surface area contributed by atoms with E-state index in [2.05, 4.69) is 16.3 Å². The summed E-state index contributed by atoms with van der Waals surface area (Å²) in [5, 5.41) is 12.5. The minimum atomic E-state index is -0.708. The van der Waals surface area contributed by atoms with Crippen molar-refractivity contribution in [2.24, 2.45) is 5.92 Å². The summed E-state index contributed by atoms with van der Waals surface area (Å²) in [7, 11) is 1.74. The van der Waals surface area contributed by atoms with Crippen molar-refractivity contribution in [2.45, 2.75) is 19.4 Å². The number of carboxylic acid groups (broad SMARTS) is 1. The molecule has 6 nitrogen and oxygen atoms in total. The number of carbonyl (C=O) groups excluding carboxylic acids is 1. The van der Waals surface area contributed by atoms with Crippen LogP contribution in [-0.4, -0.2) is 42.1 Å². The van der Waals surface area contributed by atoms with Gasteiger partial charge in [0.25, 0.3) is 0 Å². The molecule has 0 spiro atoms. The molecule has 0 unspecified atom stereocenters. The fraction of sp³-hybridized carbons (Fsp3) is 0.333. The molecule has 1 fully saturated rings. The molecule has 1 heterocycles. The summed E-state index contributed by atoms with van der Waals surface area (Å²) in [4.78, 5) is 27.3. The molecule has 0 aromatic heterocycles. The van der Waals surface area contributed by atoms with Gasteiger partial charge in [-0.05, 0) is 48.7 Å². The standard InChI is InChI=1S/C21H24ClN3O3/c1-24(21(28)23-18-6-3-5-17(22)13-18)14-15-4-2-7-19(12-15)25-10-8-16(9-11-25)20(26)27/h2-7,12-13,16H,8-11,14H2,1H3,(H,23,28)(H,26,27). The molecule has 148 valence electrons. The minimum absolute atomic E-state index is 0.213. The Morgan fingerprint density at radius 1 is 1.18 bits per heavy atom. The number of halogens is 1. The third kappa shape index (κ3) is 5.16. The third-order valence-corrected chi connectivity index (χ3v) is 5.20. The van der Waals surface area contributed by atoms with Gasteiger partial charge in [-0.2, -0.15) is 0 Å². The smallest absolute Gasteiger partial charge is 0.321 e. The predicted octanol–water partition coefficient (Wildman–Crippen LogP) is 4.30. The monoisotopic (exact) mass is 401 g/mol. The molecule has 3 rings (SSSR count). The molecule has 2 amide bonds. The average molecular weight is 402 g/mol. The van der Waals surface area contributed by atoms with E-state index < -0.39 is 5.97 Å². The zero-order valence-corrected chi connectivity index (χ0v) is 16.5. The Bertz CT molecular complexity index is 850. The summed E-state index contributed by atoms with van der Waals surface area (Å²) >= 11 is 5.95. The van der Waals surface area contributed by atoms with E-state index in [-0.39, 0.29) is 11.9 Å². The van der Waals surface area contributed by atoms with Gasteiger partial charge in [-0.3, -0.25) is 4.79 Å². The number of nitrogens with zero attached hydrogens (tertiary/aromatic N) is 2. The topological polar surface area (TPSA) is 72.9 Å². The number of urea groups is 1. The van der Waals surface area contributed by atoms with Crippen molar-refractivity contribution >= 4 is 35.0 Å². The summed E-state index contributed by atoms with van der Waals surface area (Å²) in [5.41, 5.74) is 2.73. The van der Waals surface area contributed by atoms with E-state index in [0.29, 0.717) is 30.1 Å². The molecule has 0 atom stereocenters. The van der Waals surface area contributed by atoms with Crippen LogP contribution in [0.1, 0.15) is 18.4 Å². The van der Waals surface area contributed by atoms with Crippen molar-refractivity contribution in [3.05, 3.63) is 59.1 Å². The van der Waals surface area contributed by atoms with Gasteiger partial charge in [0, 0.05) is 43.1 Å². The van der Waals surface area contributed by atoms with Crippen LogP contribution in [0.25, 0.3) is 0 Å². The van der Waals surface area contributed by atoms with E-state index in [1.54, 1.807) is 36.2 Å². The molecule has 1 saturated heterocycles. The highest BCUT2D eigenvalue weighted by atomic mass is 35.5. The number of anilines is 2. The van der Waals surface area contributed by atoms with Crippen molar-refractivity contribution in [1.29, 1.82) is 0 Å². The minimum Gasteiger partial charge on any atom is -0.481 e. The third-order valence-electron chi connectivity index (χ3n) is 4.96. The highest BCUT2D eigenvalue weighted by Crippen LogP contribution is 2.24. The lowest BCUT2D eigenvalue weighted by atomic mass is 9.96. The number of nitrogens with one attached hydrogen (secondary N) is 1. The number of carboxylic acids is 1. The lowest BCUT2D eigenvalue weighted by Crippen LogP contribution is -2.36. The maximum atomic E-state index is 12.4. The van der Waals surface area contributed by atoms with Crippen LogP contribution in [0.4, 0.5) is 16.2 Å². The van der Waals surface area contributed by atoms with E-state index in [1.165, 1.54) is 0 Å². The molecule has 2 aromatic rings. The zero-order chi connectivity index (χ0) is 20.1. The van der Waals surface area contributed by atoms with Gasteiger partial charge in [0.1, 0.15) is 0 Å². The number of rotatable bonds is 5. The predicted molar refractivity (Wildman–Crippen MR) is 111 cm³/mol. The number of carbonyl (C=O) groups is 2. The number of piperidine rings is 1. The van der Waals surface area contributed by atoms with Gasteiger partial charge in [-0.25, -0.2) is 4.79 Å². The SMILES string of the molecule is CN(Cc1cccc(N2CCC(C(=O)O)CC2)c1)C(=O)Nc1cccc(Cl)c1. The van der Waals surface area contributed by atoms with E-state index in [4.69, 9.17) is 16.7 Å². The largest absolute Gasteiger partial charge is 0.481 e. The first-order valence-corrected chi connectivity index (χ1v) is 9.64. The molecule has 1 aliphatic heterocycles. The first kappa shape index (κ1) is 20.0. The van der Waals surface area contributed by atoms with Crippen molar-refractivity contribution < 1.29 is 14.7 Å². The maximum Gasteiger partial charge on any atom is 0.321 e. The van der Waals surface area contributed by atoms with Crippen LogP contribution in [0, 0.1) is 5.92 Å². The molecule has 7 heteroatoms. The number of hydrogen-bond acceptors (Lipinski definition) is 3. The Balaban J connectivity index is 1.59. The van der Waals surface area contributed by atoms with E-state index in [1.807, 2.05) is 18.2 Å². The number of benzene rings is 2. The first-order chi connectivity index (χ1) is 13.4. The van der Waals surface area contributed by atoms with Crippen LogP contribution >= 0.6 is 11.6 Å². The van der Waals surface area contributed by atoms with Crippen LogP contribution in [0.5, 0.6) is 0 Å². The molecule has 0 radical (unpaired) electrons. The summed E-state index contributed by atoms with van der Waals surface area (Å²) in [6.07, 6.45) is 1.31. The first-order valence-electron chi connectivity index (χ1n) is 9.27. The normalized spacial score (nSPS) is 14.6. The van der Waals surface area contributed by atoms with E-state index in [0.717, 1.165) is 24.3 Å². The second-order valence-electron chi connectivity index (χ2n) is 7.07. The molecule has 1 aliphatic rings. The Morgan fingerprint density at radius 3 is 2.57 bits per heavy atom. The zero-order valence-electron chi connectivity index (χ0n) is 15.8. The highest BCUT2D eigenvalue weighted by Gasteiger charge is 2.24. The van der Waals surface area contributed by atoms with Crippen LogP contribution in [0.3, 0.4) is 0 Å². The van der Waals surface area contributed by atoms with Gasteiger partial charge in [0.05, 0.1) is 5.92 Å². The second-order valence-corrected chi connectivity index (χ2v) is 7.50. The van der Waals surface area contributed by atoms with Gasteiger partial charge >= 0.3 is 12.0 Å². The molecule has 2 aromatic carbocycles. The molecule has 0 aliphatic carbocycles. The lowest BCUT2D eigenvalue weighted by Gasteiger charge is -2.32. The van der Waals surface area contributed by atoms with Crippen LogP contribution in [0.15, 0.2) is 48.5 Å². The van der Waals surface area contributed by atoms with Crippen LogP contribution in [0.2, 0.25) is 5.02 Å². The van der Waals surface area contributed by atoms with Crippen molar-refractivity contribution in [3.8, 4) is 0 Å². The van der Waals surface area contributed by atoms with Gasteiger partial charge in [0.15, 0.2) is 0 Å². The molecular formula is C21H24ClN3O3. The maximum absolute atomic E-state index is 12.4. The Hall–Kier alpha value is -2.73. The second kappa shape index (κ2) is 8.97. The van der Waals surface area contributed by atoms with Gasteiger partial charge < -0.3 is 20.2 Å². The summed E-state index contributed by atoms with van der Waals surface area (Å²) in [5.74, 6) is -0.957. The molecular weight excluding hydrogens is 378 g/mol. The summed E-state index contributed by atoms with van der Waals surface area (Å²) in [6, 6.07) is 14.9. The van der Waals surface area contributed by atoms with Gasteiger partial charge in [0.2, 0.25) is 0 Å². The molecule has 0 saturated carbocycles. The van der Waals surface area contributed by atoms with E-state index >= 15 is 0 Å². The Morgan fingerprint density at radius 2 is 1.89 bits per heavy atom. The Labute approximate surface area is 169 Å². The number of aliphatic carboxylic acids is 1.